The summed E-state index contributed by atoms with van der Waals surface area (Å²) in [4.78, 5) is 39.7. The zero-order chi connectivity index (χ0) is 88.2. The predicted octanol–water partition coefficient (Wildman–Crippen LogP) is -6.34. The Bertz CT molecular complexity index is 4650. The third-order valence-corrected chi connectivity index (χ3v) is 19.7. The molecule has 4 unspecified atom stereocenters. The Morgan fingerprint density at radius 3 is 0.873 bits per heavy atom. The number of imide groups is 1. The molecule has 126 heavy (non-hydrogen) atoms. The first kappa shape index (κ1) is 94.9. The van der Waals surface area contributed by atoms with Gasteiger partial charge < -0.3 is 103 Å². The maximum Gasteiger partial charge on any atom is 0.233 e. The molecule has 1 saturated heterocycles. The van der Waals surface area contributed by atoms with Gasteiger partial charge in [0.15, 0.2) is 0 Å². The van der Waals surface area contributed by atoms with Gasteiger partial charge in [0.1, 0.15) is 51.2 Å². The zero-order valence-corrected chi connectivity index (χ0v) is 69.6. The van der Waals surface area contributed by atoms with Crippen LogP contribution in [0.15, 0.2) is 67.9 Å². The van der Waals surface area contributed by atoms with Gasteiger partial charge in [0.25, 0.3) is 0 Å². The summed E-state index contributed by atoms with van der Waals surface area (Å²) in [5, 5.41) is 170. The fourth-order valence-electron chi connectivity index (χ4n) is 14.0. The molecule has 0 aromatic carbocycles. The van der Waals surface area contributed by atoms with E-state index in [-0.39, 0.29) is 219 Å². The first-order chi connectivity index (χ1) is 61.3. The second kappa shape index (κ2) is 50.4. The van der Waals surface area contributed by atoms with Crippen LogP contribution in [0.1, 0.15) is 83.3 Å². The van der Waals surface area contributed by atoms with Crippen molar-refractivity contribution in [3.05, 3.63) is 119 Å². The van der Waals surface area contributed by atoms with E-state index in [1.54, 1.807) is 60.5 Å². The van der Waals surface area contributed by atoms with Gasteiger partial charge in [-0.2, -0.15) is 0 Å². The third kappa shape index (κ3) is 32.0. The van der Waals surface area contributed by atoms with E-state index in [1.807, 2.05) is 0 Å². The Balaban J connectivity index is 0.422. The summed E-state index contributed by atoms with van der Waals surface area (Å²) in [5.74, 6) is -0.254. The number of aliphatic hydroxyl groups excluding tert-OH is 9. The van der Waals surface area contributed by atoms with Crippen molar-refractivity contribution in [2.24, 2.45) is 23.7 Å². The normalized spacial score (nSPS) is 17.6. The number of nitrogens with one attached hydrogen (secondary N) is 1. The van der Waals surface area contributed by atoms with E-state index in [1.165, 1.54) is 42.4 Å². The summed E-state index contributed by atoms with van der Waals surface area (Å²) in [6, 6.07) is 0. The first-order valence-corrected chi connectivity index (χ1v) is 41.6. The molecule has 9 aromatic heterocycles. The lowest BCUT2D eigenvalue weighted by Crippen LogP contribution is -2.33. The van der Waals surface area contributed by atoms with Crippen LogP contribution >= 0.6 is 0 Å². The van der Waals surface area contributed by atoms with E-state index in [9.17, 15) is 55.2 Å². The number of aliphatic hydroxyl groups is 9. The van der Waals surface area contributed by atoms with Crippen molar-refractivity contribution in [2.75, 3.05) is 106 Å². The van der Waals surface area contributed by atoms with Crippen LogP contribution in [0.3, 0.4) is 0 Å². The van der Waals surface area contributed by atoms with Gasteiger partial charge in [-0.1, -0.05) is 65.5 Å². The summed E-state index contributed by atoms with van der Waals surface area (Å²) >= 11 is 0. The highest BCUT2D eigenvalue weighted by molar-refractivity contribution is 6.06. The minimum atomic E-state index is -0.957. The van der Waals surface area contributed by atoms with E-state index >= 15 is 0 Å². The van der Waals surface area contributed by atoms with Crippen LogP contribution < -0.4 is 5.32 Å². The molecule has 0 spiro atoms. The lowest BCUT2D eigenvalue weighted by atomic mass is 9.85. The zero-order valence-electron chi connectivity index (χ0n) is 69.6. The highest BCUT2D eigenvalue weighted by atomic mass is 16.6. The monoisotopic (exact) mass is 1770 g/mol. The summed E-state index contributed by atoms with van der Waals surface area (Å²) in [7, 11) is 0. The van der Waals surface area contributed by atoms with Crippen molar-refractivity contribution in [2.45, 2.75) is 199 Å². The maximum atomic E-state index is 12.9. The number of aromatic nitrogens is 27. The second-order valence-corrected chi connectivity index (χ2v) is 30.8. The number of rotatable bonds is 67. The number of ether oxygens (including phenoxy) is 11. The highest BCUT2D eigenvalue weighted by Crippen LogP contribution is 2.52. The molecule has 690 valence electrons. The van der Waals surface area contributed by atoms with E-state index in [2.05, 4.69) is 110 Å². The van der Waals surface area contributed by atoms with Gasteiger partial charge >= 0.3 is 0 Å². The number of carbonyl (C=O) groups excluding carboxylic acids is 3. The van der Waals surface area contributed by atoms with Gasteiger partial charge in [0.2, 0.25) is 17.7 Å². The molecule has 0 radical (unpaired) electrons. The molecule has 2 fully saturated rings. The Kier molecular flexibility index (Phi) is 38.0. The van der Waals surface area contributed by atoms with Gasteiger partial charge in [-0.3, -0.25) is 19.3 Å². The average molecular weight is 1770 g/mol. The number of fused-ring (bicyclic) bond motifs is 5. The van der Waals surface area contributed by atoms with E-state index < -0.39 is 48.8 Å². The number of hydrogen-bond acceptors (Lipinski definition) is 41. The maximum absolute atomic E-state index is 12.9. The summed E-state index contributed by atoms with van der Waals surface area (Å²) in [6.07, 6.45) is 14.4. The Labute approximate surface area is 720 Å². The molecule has 2 aliphatic carbocycles. The lowest BCUT2D eigenvalue weighted by Gasteiger charge is -2.16. The summed E-state index contributed by atoms with van der Waals surface area (Å²) in [5.41, 5.74) is 4.40. The van der Waals surface area contributed by atoms with Gasteiger partial charge in [-0.05, 0) is 31.1 Å². The number of unbranched alkanes of at least 4 members (excludes halogenated alkanes) is 2. The number of carbonyl (C=O) groups is 3. The molecule has 1 aliphatic heterocycles. The first-order valence-electron chi connectivity index (χ1n) is 41.6. The lowest BCUT2D eigenvalue weighted by molar-refractivity contribution is -0.140. The van der Waals surface area contributed by atoms with Crippen molar-refractivity contribution >= 4 is 17.7 Å². The van der Waals surface area contributed by atoms with Crippen molar-refractivity contribution in [1.82, 2.24) is 145 Å². The molecule has 10 N–H and O–H groups in total. The van der Waals surface area contributed by atoms with Crippen LogP contribution in [0.25, 0.3) is 0 Å². The standard InChI is InChI=1S/C74H111N29O23/c104-9-11-117-13-15-118-14-12-116-10-8-94-19-54(77-85-94)35-119-44-63(106)28-96-21-56(79-87-96)37-121-46-65(108)30-98-23-58(81-89-98)39-123-48-67(110)32-100-25-60(83-91-100)41-125-50-69(112)34-102-26-61(84-93-102)42-126-49-68(111)33-101-24-59(82-92-101)40-124-47-66(109)31-99-22-57(80-90-99)38-122-45-64(107)29-97-20-55(78-88-97)36-120-43-62(105)27-95-18-53(76-86-95)17-75-70(113)4-2-1-3-7-103-73(114)71-51-5-6-52(16-51)72(71)74(103)115/h5-6,18-26,51-52,62-69,71-72,104-112H,1-4,7-17,27-50H2,(H,75,113)/t51?,52?,62-,63-,64-,65-,66-,67-,68-,69-,71?,72?/m0/s1. The summed E-state index contributed by atoms with van der Waals surface area (Å²) < 4.78 is 74.5. The van der Waals surface area contributed by atoms with Crippen LogP contribution in [-0.2, 0) is 185 Å². The largest absolute Gasteiger partial charge is 0.394 e. The van der Waals surface area contributed by atoms with Crippen LogP contribution in [0.2, 0.25) is 0 Å². The van der Waals surface area contributed by atoms with Crippen LogP contribution in [-0.4, -0.2) is 358 Å². The molecule has 52 heteroatoms. The van der Waals surface area contributed by atoms with Gasteiger partial charge in [-0.25, -0.2) is 42.1 Å². The highest BCUT2D eigenvalue weighted by Gasteiger charge is 2.59. The van der Waals surface area contributed by atoms with E-state index in [4.69, 9.17) is 57.2 Å². The van der Waals surface area contributed by atoms with Crippen molar-refractivity contribution in [3.8, 4) is 0 Å². The van der Waals surface area contributed by atoms with Crippen molar-refractivity contribution < 1.29 is 112 Å². The van der Waals surface area contributed by atoms with Crippen LogP contribution in [0, 0.1) is 23.7 Å². The topological polar surface area (TPSA) is 626 Å². The number of amides is 3. The molecule has 12 atom stereocenters. The molecule has 9 aromatic rings. The van der Waals surface area contributed by atoms with Crippen LogP contribution in [0.5, 0.6) is 0 Å². The molecule has 10 heterocycles. The molecule has 52 nitrogen and oxygen atoms in total. The number of hydrogen-bond donors (Lipinski definition) is 10. The van der Waals surface area contributed by atoms with Gasteiger partial charge in [-0.15, -0.1) is 45.9 Å². The Morgan fingerprint density at radius 2 is 0.579 bits per heavy atom. The molecule has 12 rings (SSSR count). The predicted molar refractivity (Wildman–Crippen MR) is 420 cm³/mol. The van der Waals surface area contributed by atoms with E-state index in [0.717, 1.165) is 6.42 Å². The van der Waals surface area contributed by atoms with Crippen molar-refractivity contribution in [1.29, 1.82) is 0 Å². The third-order valence-electron chi connectivity index (χ3n) is 19.7. The number of nitrogens with zero attached hydrogens (tertiary/aromatic N) is 28. The summed E-state index contributed by atoms with van der Waals surface area (Å²) in [6.45, 7) is 4.09. The molecule has 2 bridgehead atoms. The Hall–Kier alpha value is -10.2. The van der Waals surface area contributed by atoms with Crippen LogP contribution in [0.4, 0.5) is 0 Å². The minimum absolute atomic E-state index is 0.0180. The fraction of sp³-hybridized carbons (Fsp3) is 0.689. The smallest absolute Gasteiger partial charge is 0.233 e. The van der Waals surface area contributed by atoms with Crippen molar-refractivity contribution in [3.63, 3.8) is 0 Å². The molecular formula is C74H111N29O23. The van der Waals surface area contributed by atoms with Gasteiger partial charge in [0, 0.05) is 13.0 Å². The molecule has 3 aliphatic rings. The van der Waals surface area contributed by atoms with E-state index in [0.29, 0.717) is 123 Å². The number of allylic oxidation sites excluding steroid dienone is 2. The Morgan fingerprint density at radius 1 is 0.325 bits per heavy atom. The number of likely N-dealkylation sites (tertiary alicyclic amines) is 1. The minimum Gasteiger partial charge on any atom is -0.394 e. The van der Waals surface area contributed by atoms with Gasteiger partial charge in [0.05, 0.1) is 334 Å². The fourth-order valence-corrected chi connectivity index (χ4v) is 14.0. The molecular weight excluding hydrogens is 1660 g/mol. The SMILES string of the molecule is O=C(CCCCCN1C(=O)C2C3C=CC(C3)C2C1=O)NCc1cn(C[C@H](O)COCc2cn(C[C@H](O)COCc3cn(C[C@H](O)COCc4cn(C[C@H](O)COCc5cn(C[C@H](O)COCc6cn(C[C@H](O)COCc7cn(C[C@H](O)COCc8cn(C[C@H](O)COCc9cn(CCOCCOCCOCCO)nn9)nn8)nn7)nn6)nn5)nn4)nn3)nn2)nn1. The molecule has 1 saturated carbocycles. The molecule has 3 amide bonds. The average Bonchev–Trinajstić information content (AvgIpc) is 1.57. The second-order valence-electron chi connectivity index (χ2n) is 30.8. The quantitative estimate of drug-likeness (QED) is 0.00963.